The van der Waals surface area contributed by atoms with Crippen LogP contribution in [-0.4, -0.2) is 56.9 Å². The number of amides is 1. The molecule has 1 amide bonds. The maximum Gasteiger partial charge on any atom is 0.222 e. The Morgan fingerprint density at radius 2 is 2.23 bits per heavy atom. The lowest BCUT2D eigenvalue weighted by Gasteiger charge is -2.48. The molecule has 2 aromatic heterocycles. The number of carbonyl (C=O) groups excluding carboxylic acids is 1. The monoisotopic (exact) mass is 354 g/mol. The van der Waals surface area contributed by atoms with Gasteiger partial charge in [0.25, 0.3) is 0 Å². The lowest BCUT2D eigenvalue weighted by atomic mass is 9.73. The Bertz CT molecular complexity index is 761. The molecule has 2 saturated heterocycles. The van der Waals surface area contributed by atoms with Gasteiger partial charge in [-0.25, -0.2) is 15.0 Å². The summed E-state index contributed by atoms with van der Waals surface area (Å²) in [5.41, 5.74) is 1.26. The minimum atomic E-state index is 0.180. The molecule has 1 unspecified atom stereocenters. The zero-order valence-electron chi connectivity index (χ0n) is 15.3. The van der Waals surface area contributed by atoms with Crippen LogP contribution in [0, 0.1) is 12.3 Å². The summed E-state index contributed by atoms with van der Waals surface area (Å²) in [5.74, 6) is 2.10. The first-order valence-corrected chi connectivity index (χ1v) is 9.43. The number of anilines is 1. The molecule has 26 heavy (non-hydrogen) atoms. The Balaban J connectivity index is 1.45. The van der Waals surface area contributed by atoms with Gasteiger partial charge in [0, 0.05) is 62.5 Å². The van der Waals surface area contributed by atoms with E-state index in [1.165, 1.54) is 6.42 Å². The van der Waals surface area contributed by atoms with E-state index in [-0.39, 0.29) is 11.3 Å². The molecular weight excluding hydrogens is 328 g/mol. The quantitative estimate of drug-likeness (QED) is 0.908. The van der Waals surface area contributed by atoms with Crippen molar-refractivity contribution in [1.82, 2.24) is 24.8 Å². The predicted molar refractivity (Wildman–Crippen MR) is 98.8 cm³/mol. The van der Waals surface area contributed by atoms with Gasteiger partial charge in [-0.3, -0.25) is 4.79 Å². The zero-order valence-corrected chi connectivity index (χ0v) is 15.3. The summed E-state index contributed by atoms with van der Waals surface area (Å²) in [7, 11) is 0. The highest BCUT2D eigenvalue weighted by Crippen LogP contribution is 2.39. The summed E-state index contributed by atoms with van der Waals surface area (Å²) in [5, 5.41) is 0. The summed E-state index contributed by atoms with van der Waals surface area (Å²) < 4.78 is 0. The maximum absolute atomic E-state index is 12.4. The Kier molecular flexibility index (Phi) is 4.61. The van der Waals surface area contributed by atoms with Crippen molar-refractivity contribution < 1.29 is 4.79 Å². The first-order valence-electron chi connectivity index (χ1n) is 9.43. The van der Waals surface area contributed by atoms with E-state index in [0.29, 0.717) is 6.42 Å². The van der Waals surface area contributed by atoms with E-state index in [1.54, 1.807) is 6.33 Å². The smallest absolute Gasteiger partial charge is 0.222 e. The van der Waals surface area contributed by atoms with Gasteiger partial charge in [0.15, 0.2) is 0 Å². The van der Waals surface area contributed by atoms with Crippen LogP contribution in [0.3, 0.4) is 0 Å². The number of likely N-dealkylation sites (tertiary alicyclic amines) is 1. The molecule has 0 aromatic carbocycles. The molecule has 0 aliphatic carbocycles. The zero-order chi connectivity index (χ0) is 18.0. The van der Waals surface area contributed by atoms with Crippen LogP contribution in [0.15, 0.2) is 24.8 Å². The number of hydrogen-bond donors (Lipinski definition) is 1. The van der Waals surface area contributed by atoms with Crippen molar-refractivity contribution in [1.29, 1.82) is 0 Å². The second kappa shape index (κ2) is 7.05. The summed E-state index contributed by atoms with van der Waals surface area (Å²) in [6, 6.07) is 2.00. The fraction of sp³-hybridized carbons (Fsp3) is 0.579. The van der Waals surface area contributed by atoms with Gasteiger partial charge in [-0.05, 0) is 32.3 Å². The standard InChI is InChI=1S/C19H26N6O/c1-15-21-8-4-17(23-15)24-9-2-6-19(12-24)7-3-18(26)25(13-19)10-5-16-11-20-14-22-16/h4,8,11,14H,2-3,5-7,9-10,12-13H2,1H3,(H,20,22). The van der Waals surface area contributed by atoms with Crippen LogP contribution in [0.2, 0.25) is 0 Å². The molecule has 4 rings (SSSR count). The number of nitrogens with one attached hydrogen (secondary N) is 1. The molecule has 138 valence electrons. The van der Waals surface area contributed by atoms with Crippen molar-refractivity contribution in [2.24, 2.45) is 5.41 Å². The van der Waals surface area contributed by atoms with E-state index in [2.05, 4.69) is 29.7 Å². The maximum atomic E-state index is 12.4. The van der Waals surface area contributed by atoms with E-state index in [0.717, 1.165) is 62.8 Å². The molecular formula is C19H26N6O. The van der Waals surface area contributed by atoms with Crippen molar-refractivity contribution in [3.05, 3.63) is 36.3 Å². The Morgan fingerprint density at radius 3 is 3.04 bits per heavy atom. The lowest BCUT2D eigenvalue weighted by molar-refractivity contribution is -0.137. The molecule has 2 aliphatic rings. The fourth-order valence-electron chi connectivity index (χ4n) is 4.34. The van der Waals surface area contributed by atoms with E-state index in [1.807, 2.05) is 25.4 Å². The van der Waals surface area contributed by atoms with Gasteiger partial charge < -0.3 is 14.8 Å². The van der Waals surface area contributed by atoms with Crippen molar-refractivity contribution in [2.45, 2.75) is 39.0 Å². The highest BCUT2D eigenvalue weighted by Gasteiger charge is 2.41. The van der Waals surface area contributed by atoms with Crippen LogP contribution in [0.5, 0.6) is 0 Å². The number of hydrogen-bond acceptors (Lipinski definition) is 5. The van der Waals surface area contributed by atoms with Crippen molar-refractivity contribution in [2.75, 3.05) is 31.1 Å². The van der Waals surface area contributed by atoms with E-state index < -0.39 is 0 Å². The van der Waals surface area contributed by atoms with Crippen molar-refractivity contribution in [3.8, 4) is 0 Å². The summed E-state index contributed by atoms with van der Waals surface area (Å²) in [6.45, 7) is 5.53. The van der Waals surface area contributed by atoms with Gasteiger partial charge in [0.2, 0.25) is 5.91 Å². The van der Waals surface area contributed by atoms with Crippen LogP contribution in [0.4, 0.5) is 5.82 Å². The third-order valence-corrected chi connectivity index (χ3v) is 5.70. The number of aromatic nitrogens is 4. The molecule has 0 saturated carbocycles. The van der Waals surface area contributed by atoms with E-state index in [9.17, 15) is 4.79 Å². The Hall–Kier alpha value is -2.44. The van der Waals surface area contributed by atoms with Gasteiger partial charge in [-0.1, -0.05) is 0 Å². The van der Waals surface area contributed by atoms with E-state index in [4.69, 9.17) is 0 Å². The number of imidazole rings is 1. The second-order valence-electron chi connectivity index (χ2n) is 7.63. The predicted octanol–water partition coefficient (Wildman–Crippen LogP) is 1.96. The van der Waals surface area contributed by atoms with Crippen LogP contribution in [0.25, 0.3) is 0 Å². The first kappa shape index (κ1) is 17.0. The van der Waals surface area contributed by atoms with Crippen LogP contribution in [-0.2, 0) is 11.2 Å². The third-order valence-electron chi connectivity index (χ3n) is 5.70. The summed E-state index contributed by atoms with van der Waals surface area (Å²) >= 11 is 0. The molecule has 4 heterocycles. The van der Waals surface area contributed by atoms with Crippen LogP contribution < -0.4 is 4.90 Å². The van der Waals surface area contributed by atoms with Gasteiger partial charge in [0.1, 0.15) is 11.6 Å². The summed E-state index contributed by atoms with van der Waals surface area (Å²) in [6.07, 6.45) is 10.2. The normalized spacial score (nSPS) is 23.7. The fourth-order valence-corrected chi connectivity index (χ4v) is 4.34. The van der Waals surface area contributed by atoms with Gasteiger partial charge in [-0.15, -0.1) is 0 Å². The minimum Gasteiger partial charge on any atom is -0.356 e. The number of aryl methyl sites for hydroxylation is 1. The first-order chi connectivity index (χ1) is 12.6. The Morgan fingerprint density at radius 1 is 1.31 bits per heavy atom. The average Bonchev–Trinajstić information content (AvgIpc) is 3.17. The molecule has 0 bridgehead atoms. The molecule has 7 heteroatoms. The molecule has 2 aliphatic heterocycles. The average molecular weight is 354 g/mol. The highest BCUT2D eigenvalue weighted by atomic mass is 16.2. The molecule has 0 radical (unpaired) electrons. The van der Waals surface area contributed by atoms with Crippen LogP contribution in [0.1, 0.15) is 37.2 Å². The topological polar surface area (TPSA) is 78.0 Å². The molecule has 2 aromatic rings. The number of nitrogens with zero attached hydrogens (tertiary/aromatic N) is 5. The van der Waals surface area contributed by atoms with Gasteiger partial charge >= 0.3 is 0 Å². The minimum absolute atomic E-state index is 0.180. The van der Waals surface area contributed by atoms with Crippen molar-refractivity contribution >= 4 is 11.7 Å². The third kappa shape index (κ3) is 3.57. The molecule has 1 spiro atoms. The molecule has 1 atom stereocenters. The SMILES string of the molecule is Cc1nccc(N2CCCC3(CCC(=O)N(CCc4cnc[nH]4)C3)C2)n1. The van der Waals surface area contributed by atoms with Crippen molar-refractivity contribution in [3.63, 3.8) is 0 Å². The van der Waals surface area contributed by atoms with Gasteiger partial charge in [0.05, 0.1) is 6.33 Å². The highest BCUT2D eigenvalue weighted by molar-refractivity contribution is 5.77. The molecule has 7 nitrogen and oxygen atoms in total. The number of H-pyrrole nitrogens is 1. The molecule has 1 N–H and O–H groups in total. The number of aromatic amines is 1. The number of piperidine rings is 2. The molecule has 2 fully saturated rings. The number of carbonyl (C=O) groups is 1. The number of rotatable bonds is 4. The largest absolute Gasteiger partial charge is 0.356 e. The second-order valence-corrected chi connectivity index (χ2v) is 7.63. The van der Waals surface area contributed by atoms with E-state index >= 15 is 0 Å². The summed E-state index contributed by atoms with van der Waals surface area (Å²) in [4.78, 5) is 32.9. The van der Waals surface area contributed by atoms with Crippen LogP contribution >= 0.6 is 0 Å². The van der Waals surface area contributed by atoms with Gasteiger partial charge in [-0.2, -0.15) is 0 Å². The Labute approximate surface area is 153 Å². The lowest BCUT2D eigenvalue weighted by Crippen LogP contribution is -2.54.